The van der Waals surface area contributed by atoms with E-state index in [0.717, 1.165) is 16.7 Å². The van der Waals surface area contributed by atoms with E-state index in [1.807, 2.05) is 31.2 Å². The number of benzene rings is 1. The molecule has 7 rings (SSSR count). The van der Waals surface area contributed by atoms with E-state index in [1.165, 1.54) is 6.92 Å². The van der Waals surface area contributed by atoms with Crippen LogP contribution in [-0.2, 0) is 35.6 Å². The lowest BCUT2D eigenvalue weighted by molar-refractivity contribution is -0.243. The van der Waals surface area contributed by atoms with Gasteiger partial charge in [0, 0.05) is 29.0 Å². The number of nitrogens with zero attached hydrogens (tertiary/aromatic N) is 3. The summed E-state index contributed by atoms with van der Waals surface area (Å²) < 4.78 is 86.0. The van der Waals surface area contributed by atoms with Gasteiger partial charge in [-0.2, -0.15) is 18.2 Å². The number of rotatable bonds is 6. The largest absolute Gasteiger partial charge is 0.491 e. The first-order valence-electron chi connectivity index (χ1n) is 20.1. The molecule has 0 spiro atoms. The second-order valence-electron chi connectivity index (χ2n) is 17.4. The fourth-order valence-electron chi connectivity index (χ4n) is 8.06. The van der Waals surface area contributed by atoms with Crippen molar-refractivity contribution in [2.75, 3.05) is 13.2 Å². The smallest absolute Gasteiger partial charge is 0.434 e. The first-order valence-corrected chi connectivity index (χ1v) is 21.6. The molecule has 2 aliphatic carbocycles. The summed E-state index contributed by atoms with van der Waals surface area (Å²) in [6.07, 6.45) is -0.297. The lowest BCUT2D eigenvalue weighted by Crippen LogP contribution is -2.57. The van der Waals surface area contributed by atoms with Gasteiger partial charge in [0.25, 0.3) is 11.8 Å². The molecule has 1 saturated heterocycles. The van der Waals surface area contributed by atoms with Gasteiger partial charge < -0.3 is 24.4 Å². The molecule has 1 aromatic carbocycles. The predicted octanol–water partition coefficient (Wildman–Crippen LogP) is 5.71. The van der Waals surface area contributed by atoms with Crippen LogP contribution in [-0.4, -0.2) is 95.2 Å². The van der Waals surface area contributed by atoms with Gasteiger partial charge in [0.1, 0.15) is 29.1 Å². The number of fused-ring (bicyclic) bond motifs is 5. The molecule has 320 valence electrons. The van der Waals surface area contributed by atoms with Crippen molar-refractivity contribution in [2.45, 2.75) is 127 Å². The van der Waals surface area contributed by atoms with Gasteiger partial charge in [-0.05, 0) is 84.1 Å². The van der Waals surface area contributed by atoms with Gasteiger partial charge in [0.15, 0.2) is 0 Å². The highest BCUT2D eigenvalue weighted by molar-refractivity contribution is 7.91. The van der Waals surface area contributed by atoms with Crippen molar-refractivity contribution in [1.29, 1.82) is 0 Å². The summed E-state index contributed by atoms with van der Waals surface area (Å²) >= 11 is 0. The average Bonchev–Trinajstić information content (AvgIpc) is 4.04. The third-order valence-electron chi connectivity index (χ3n) is 12.3. The molecule has 0 radical (unpaired) electrons. The zero-order valence-electron chi connectivity index (χ0n) is 33.7. The van der Waals surface area contributed by atoms with Crippen molar-refractivity contribution in [3.05, 3.63) is 42.1 Å². The van der Waals surface area contributed by atoms with Crippen LogP contribution in [0.2, 0.25) is 0 Å². The van der Waals surface area contributed by atoms with Gasteiger partial charge in [0.05, 0.1) is 23.6 Å². The Bertz CT molecular complexity index is 2220. The van der Waals surface area contributed by atoms with Crippen LogP contribution in [0.25, 0.3) is 10.8 Å². The highest BCUT2D eigenvalue weighted by atomic mass is 32.2. The summed E-state index contributed by atoms with van der Waals surface area (Å²) in [7, 11) is -4.08. The third kappa shape index (κ3) is 8.38. The molecule has 2 aromatic rings. The van der Waals surface area contributed by atoms with Crippen LogP contribution in [0, 0.1) is 17.8 Å². The number of alkyl halides is 3. The molecular formula is C41H50F3N5O9S. The first kappa shape index (κ1) is 42.4. The van der Waals surface area contributed by atoms with Crippen LogP contribution in [0.15, 0.2) is 41.4 Å². The summed E-state index contributed by atoms with van der Waals surface area (Å²) in [5.41, 5.74) is -4.30. The lowest BCUT2D eigenvalue weighted by Gasteiger charge is -2.29. The Balaban J connectivity index is 1.26. The third-order valence-corrected chi connectivity index (χ3v) is 14.4. The molecule has 2 N–H and O–H groups in total. The Morgan fingerprint density at radius 1 is 1.10 bits per heavy atom. The Kier molecular flexibility index (Phi) is 11.0. The van der Waals surface area contributed by atoms with E-state index in [0.29, 0.717) is 75.8 Å². The second-order valence-corrected chi connectivity index (χ2v) is 19.6. The minimum atomic E-state index is -4.94. The molecule has 3 aliphatic heterocycles. The number of halogens is 3. The van der Waals surface area contributed by atoms with Gasteiger partial charge in [-0.1, -0.05) is 44.2 Å². The van der Waals surface area contributed by atoms with Gasteiger partial charge in [-0.15, -0.1) is 0 Å². The van der Waals surface area contributed by atoms with E-state index in [-0.39, 0.29) is 31.2 Å². The molecule has 0 bridgehead atoms. The zero-order chi connectivity index (χ0) is 42.7. The SMILES string of the molecule is C[C@@H]1CC/C=C\[C@@H]2C[C@@]2(C(=O)NS(=O)(=O)C2(C)CC2)NC(=O)[C@@H]2C[C@@H](Oc3nc4c(c5ccccc35)OCCC4)CN2C(=O)/C(=N/C(=O)OC(C)(C)C(F)(F)F)[C@H](C)C1. The Hall–Kier alpha value is -4.74. The van der Waals surface area contributed by atoms with Crippen LogP contribution >= 0.6 is 0 Å². The van der Waals surface area contributed by atoms with Crippen molar-refractivity contribution >= 4 is 50.3 Å². The number of amides is 4. The number of aryl methyl sites for hydroxylation is 1. The molecule has 4 amide bonds. The van der Waals surface area contributed by atoms with E-state index in [2.05, 4.69) is 15.0 Å². The fourth-order valence-corrected chi connectivity index (χ4v) is 9.37. The van der Waals surface area contributed by atoms with E-state index in [9.17, 15) is 40.8 Å². The van der Waals surface area contributed by atoms with E-state index >= 15 is 0 Å². The predicted molar refractivity (Wildman–Crippen MR) is 209 cm³/mol. The monoisotopic (exact) mass is 845 g/mol. The van der Waals surface area contributed by atoms with E-state index in [4.69, 9.17) is 19.2 Å². The number of aliphatic imine (C=N–C) groups is 1. The van der Waals surface area contributed by atoms with Gasteiger partial charge in [-0.25, -0.2) is 18.2 Å². The van der Waals surface area contributed by atoms with E-state index < -0.39 is 85.6 Å². The number of ether oxygens (including phenoxy) is 3. The number of aromatic nitrogens is 1. The number of carbonyl (C=O) groups is 4. The molecule has 59 heavy (non-hydrogen) atoms. The molecular weight excluding hydrogens is 796 g/mol. The van der Waals surface area contributed by atoms with Crippen LogP contribution in [0.1, 0.15) is 91.7 Å². The number of hydrogen-bond donors (Lipinski definition) is 2. The number of carbonyl (C=O) groups excluding carboxylic acids is 4. The highest BCUT2D eigenvalue weighted by Gasteiger charge is 2.63. The maximum absolute atomic E-state index is 14.8. The number of nitrogens with one attached hydrogen (secondary N) is 2. The Morgan fingerprint density at radius 3 is 2.51 bits per heavy atom. The quantitative estimate of drug-likeness (QED) is 0.342. The molecule has 2 saturated carbocycles. The van der Waals surface area contributed by atoms with Gasteiger partial charge in [0.2, 0.25) is 27.4 Å². The summed E-state index contributed by atoms with van der Waals surface area (Å²) in [4.78, 5) is 66.2. The standard InChI is InChI=1S/C41H50F3N5O9S/c1-23-11-6-7-12-25-21-40(25,36(52)48-59(54,55)39(5)16-17-39)47-33(50)30-20-26(57-34-28-14-9-8-13-27(28)32-29(45-34)15-10-18-56-32)22-49(30)35(51)31(24(2)19-23)46-37(53)58-38(3,4)41(42,43)44/h7-9,12-14,23-26,30H,6,10-11,15-22H2,1-5H3,(H,47,50)(H,48,52)/b12-7-,46-31+/t23-,24-,25-,26-,30+,40-/m1/s1. The van der Waals surface area contributed by atoms with Crippen molar-refractivity contribution in [3.63, 3.8) is 0 Å². The van der Waals surface area contributed by atoms with Crippen LogP contribution < -0.4 is 19.5 Å². The van der Waals surface area contributed by atoms with Crippen LogP contribution in [0.5, 0.6) is 11.6 Å². The lowest BCUT2D eigenvalue weighted by atomic mass is 9.89. The van der Waals surface area contributed by atoms with Crippen LogP contribution in [0.4, 0.5) is 18.0 Å². The average molecular weight is 846 g/mol. The minimum Gasteiger partial charge on any atom is -0.491 e. The zero-order valence-corrected chi connectivity index (χ0v) is 34.5. The minimum absolute atomic E-state index is 0.0744. The number of sulfonamides is 1. The van der Waals surface area contributed by atoms with Crippen molar-refractivity contribution in [3.8, 4) is 11.6 Å². The molecule has 5 aliphatic rings. The molecule has 14 nitrogen and oxygen atoms in total. The molecule has 4 heterocycles. The topological polar surface area (TPSA) is 183 Å². The first-order chi connectivity index (χ1) is 27.6. The molecule has 3 fully saturated rings. The summed E-state index contributed by atoms with van der Waals surface area (Å²) in [5, 5.41) is 4.19. The van der Waals surface area contributed by atoms with Crippen molar-refractivity contribution < 1.29 is 55.0 Å². The highest BCUT2D eigenvalue weighted by Crippen LogP contribution is 2.48. The van der Waals surface area contributed by atoms with Crippen molar-refractivity contribution in [1.82, 2.24) is 19.9 Å². The maximum Gasteiger partial charge on any atom is 0.434 e. The molecule has 0 unspecified atom stereocenters. The molecule has 1 aromatic heterocycles. The molecule has 6 atom stereocenters. The van der Waals surface area contributed by atoms with Gasteiger partial charge in [-0.3, -0.25) is 19.1 Å². The summed E-state index contributed by atoms with van der Waals surface area (Å²) in [6.45, 7) is 6.72. The second kappa shape index (κ2) is 15.4. The summed E-state index contributed by atoms with van der Waals surface area (Å²) in [5.74, 6) is -3.11. The number of hydrogen-bond acceptors (Lipinski definition) is 10. The van der Waals surface area contributed by atoms with E-state index in [1.54, 1.807) is 19.1 Å². The number of pyridine rings is 1. The fraction of sp³-hybridized carbons (Fsp3) is 0.610. The Labute approximate surface area is 340 Å². The summed E-state index contributed by atoms with van der Waals surface area (Å²) in [6, 6.07) is 5.99. The molecule has 18 heteroatoms. The normalized spacial score (nSPS) is 29.7. The van der Waals surface area contributed by atoms with Gasteiger partial charge >= 0.3 is 12.3 Å². The van der Waals surface area contributed by atoms with Crippen LogP contribution in [0.3, 0.4) is 0 Å². The number of allylic oxidation sites excluding steroid dienone is 1. The Morgan fingerprint density at radius 2 is 1.81 bits per heavy atom. The maximum atomic E-state index is 14.8. The van der Waals surface area contributed by atoms with Crippen molar-refractivity contribution in [2.24, 2.45) is 22.7 Å².